The molecule has 0 aromatic carbocycles. The van der Waals surface area contributed by atoms with E-state index < -0.39 is 36.2 Å². The van der Waals surface area contributed by atoms with Crippen LogP contribution in [0.5, 0.6) is 0 Å². The van der Waals surface area contributed by atoms with Gasteiger partial charge in [0.25, 0.3) is 0 Å². The highest BCUT2D eigenvalue weighted by Crippen LogP contribution is 2.00. The molecule has 0 saturated heterocycles. The van der Waals surface area contributed by atoms with Crippen LogP contribution in [0.2, 0.25) is 0 Å². The molecule has 3 atom stereocenters. The quantitative estimate of drug-likeness (QED) is 0.545. The van der Waals surface area contributed by atoms with Gasteiger partial charge in [0, 0.05) is 0 Å². The molecule has 7 nitrogen and oxygen atoms in total. The third-order valence-corrected chi connectivity index (χ3v) is 1.59. The molecule has 92 valence electrons. The molecule has 0 aliphatic heterocycles. The first-order valence-electron chi connectivity index (χ1n) is 4.55. The summed E-state index contributed by atoms with van der Waals surface area (Å²) in [6.07, 6.45) is -4.09. The predicted octanol–water partition coefficient (Wildman–Crippen LogP) is -2.02. The summed E-state index contributed by atoms with van der Waals surface area (Å²) in [5.74, 6) is -3.57. The van der Waals surface area contributed by atoms with Crippen molar-refractivity contribution in [1.29, 1.82) is 0 Å². The molecule has 7 heteroatoms. The number of aliphatic hydroxyl groups is 1. The van der Waals surface area contributed by atoms with E-state index in [4.69, 9.17) is 5.11 Å². The van der Waals surface area contributed by atoms with E-state index in [9.17, 15) is 19.5 Å². The Balaban J connectivity index is 4.19. The Morgan fingerprint density at radius 2 is 1.44 bits per heavy atom. The molecule has 0 amide bonds. The third-order valence-electron chi connectivity index (χ3n) is 1.59. The van der Waals surface area contributed by atoms with Gasteiger partial charge in [-0.2, -0.15) is 0 Å². The summed E-state index contributed by atoms with van der Waals surface area (Å²) in [4.78, 5) is 32.3. The van der Waals surface area contributed by atoms with Crippen molar-refractivity contribution >= 4 is 17.9 Å². The highest BCUT2D eigenvalue weighted by molar-refractivity contribution is 5.82. The van der Waals surface area contributed by atoms with Crippen molar-refractivity contribution in [2.75, 3.05) is 0 Å². The number of aliphatic hydroxyl groups excluding tert-OH is 1. The number of rotatable bonds is 5. The second-order valence-electron chi connectivity index (χ2n) is 3.15. The Hall–Kier alpha value is -1.63. The molecule has 0 aromatic heterocycles. The number of hydrogen-bond acceptors (Lipinski definition) is 7. The van der Waals surface area contributed by atoms with Crippen LogP contribution >= 0.6 is 0 Å². The van der Waals surface area contributed by atoms with Crippen molar-refractivity contribution in [1.82, 2.24) is 0 Å². The Labute approximate surface area is 92.0 Å². The topological polar surface area (TPSA) is 113 Å². The second-order valence-corrected chi connectivity index (χ2v) is 3.15. The highest BCUT2D eigenvalue weighted by Gasteiger charge is 2.23. The normalized spacial score (nSPS) is 15.8. The van der Waals surface area contributed by atoms with Crippen LogP contribution in [0.15, 0.2) is 0 Å². The van der Waals surface area contributed by atoms with Crippen molar-refractivity contribution in [2.24, 2.45) is 0 Å². The number of carbonyl (C=O) groups excluding carboxylic acids is 3. The smallest absolute Gasteiger partial charge is 0.347 e. The standard InChI is InChI=1S/C9H14O7/c1-4(10)8(13)16-6(3)9(14)15-5(2)7(11)12/h4-6,10H,1-3H3,(H,11,12)/p-1. The molecule has 0 heterocycles. The molecule has 0 radical (unpaired) electrons. The van der Waals surface area contributed by atoms with Crippen LogP contribution in [-0.2, 0) is 23.9 Å². The largest absolute Gasteiger partial charge is 0.546 e. The second kappa shape index (κ2) is 6.06. The highest BCUT2D eigenvalue weighted by atomic mass is 16.6. The van der Waals surface area contributed by atoms with Crippen LogP contribution < -0.4 is 5.11 Å². The monoisotopic (exact) mass is 233 g/mol. The zero-order valence-electron chi connectivity index (χ0n) is 9.13. The van der Waals surface area contributed by atoms with E-state index in [-0.39, 0.29) is 0 Å². The number of ether oxygens (including phenoxy) is 2. The van der Waals surface area contributed by atoms with Gasteiger partial charge >= 0.3 is 11.9 Å². The maximum absolute atomic E-state index is 11.1. The Morgan fingerprint density at radius 3 is 1.81 bits per heavy atom. The molecule has 0 fully saturated rings. The SMILES string of the molecule is CC(O)C(=O)OC(C)C(=O)OC(C)C(=O)[O-]. The van der Waals surface area contributed by atoms with Crippen LogP contribution in [0.3, 0.4) is 0 Å². The van der Waals surface area contributed by atoms with E-state index in [1.54, 1.807) is 0 Å². The first-order valence-corrected chi connectivity index (χ1v) is 4.55. The van der Waals surface area contributed by atoms with Crippen molar-refractivity contribution < 1.29 is 34.1 Å². The van der Waals surface area contributed by atoms with Gasteiger partial charge in [-0.3, -0.25) is 0 Å². The number of aliphatic carboxylic acids is 1. The van der Waals surface area contributed by atoms with E-state index in [1.807, 2.05) is 0 Å². The van der Waals surface area contributed by atoms with Gasteiger partial charge in [0.2, 0.25) is 0 Å². The van der Waals surface area contributed by atoms with Gasteiger partial charge in [0.1, 0.15) is 12.2 Å². The van der Waals surface area contributed by atoms with Crippen LogP contribution in [0.1, 0.15) is 20.8 Å². The summed E-state index contributed by atoms with van der Waals surface area (Å²) < 4.78 is 8.87. The molecular formula is C9H13O7-. The minimum atomic E-state index is -1.55. The molecule has 0 aromatic rings. The molecule has 0 rings (SSSR count). The van der Waals surface area contributed by atoms with Gasteiger partial charge in [-0.1, -0.05) is 0 Å². The summed E-state index contributed by atoms with van der Waals surface area (Å²) in [6.45, 7) is 3.48. The van der Waals surface area contributed by atoms with Crippen LogP contribution in [0, 0.1) is 0 Å². The lowest BCUT2D eigenvalue weighted by Crippen LogP contribution is -2.40. The van der Waals surface area contributed by atoms with Crippen molar-refractivity contribution in [3.8, 4) is 0 Å². The molecule has 1 N–H and O–H groups in total. The number of carboxylic acid groups (broad SMARTS) is 1. The van der Waals surface area contributed by atoms with E-state index in [1.165, 1.54) is 13.8 Å². The molecule has 0 aliphatic rings. The number of esters is 2. The lowest BCUT2D eigenvalue weighted by molar-refractivity contribution is -0.315. The van der Waals surface area contributed by atoms with E-state index in [0.717, 1.165) is 6.92 Å². The zero-order valence-corrected chi connectivity index (χ0v) is 9.13. The van der Waals surface area contributed by atoms with Crippen molar-refractivity contribution in [2.45, 2.75) is 39.1 Å². The van der Waals surface area contributed by atoms with Crippen LogP contribution in [0.4, 0.5) is 0 Å². The molecular weight excluding hydrogens is 220 g/mol. The van der Waals surface area contributed by atoms with Crippen LogP contribution in [-0.4, -0.2) is 41.3 Å². The Bertz CT molecular complexity index is 284. The van der Waals surface area contributed by atoms with Gasteiger partial charge in [0.05, 0.1) is 5.97 Å². The van der Waals surface area contributed by atoms with Gasteiger partial charge in [-0.05, 0) is 20.8 Å². The van der Waals surface area contributed by atoms with E-state index in [0.29, 0.717) is 0 Å². The summed E-state index contributed by atoms with van der Waals surface area (Å²) in [7, 11) is 0. The fraction of sp³-hybridized carbons (Fsp3) is 0.667. The maximum Gasteiger partial charge on any atom is 0.347 e. The zero-order chi connectivity index (χ0) is 12.9. The van der Waals surface area contributed by atoms with Gasteiger partial charge < -0.3 is 24.5 Å². The van der Waals surface area contributed by atoms with Gasteiger partial charge in [0.15, 0.2) is 6.10 Å². The molecule has 0 bridgehead atoms. The van der Waals surface area contributed by atoms with Gasteiger partial charge in [-0.25, -0.2) is 9.59 Å². The third kappa shape index (κ3) is 4.74. The first-order chi connectivity index (χ1) is 7.25. The van der Waals surface area contributed by atoms with E-state index >= 15 is 0 Å². The average Bonchev–Trinajstić information content (AvgIpc) is 2.16. The lowest BCUT2D eigenvalue weighted by atomic mass is 10.3. The predicted molar refractivity (Wildman–Crippen MR) is 47.8 cm³/mol. The van der Waals surface area contributed by atoms with Crippen molar-refractivity contribution in [3.63, 3.8) is 0 Å². The summed E-state index contributed by atoms with van der Waals surface area (Å²) in [5.41, 5.74) is 0. The average molecular weight is 233 g/mol. The molecule has 3 unspecified atom stereocenters. The molecule has 0 spiro atoms. The number of carboxylic acids is 1. The Morgan fingerprint density at radius 1 is 1.00 bits per heavy atom. The minimum Gasteiger partial charge on any atom is -0.546 e. The molecule has 0 saturated carbocycles. The van der Waals surface area contributed by atoms with E-state index in [2.05, 4.69) is 9.47 Å². The van der Waals surface area contributed by atoms with Crippen LogP contribution in [0.25, 0.3) is 0 Å². The number of hydrogen-bond donors (Lipinski definition) is 1. The lowest BCUT2D eigenvalue weighted by Gasteiger charge is -2.18. The van der Waals surface area contributed by atoms with Gasteiger partial charge in [-0.15, -0.1) is 0 Å². The summed E-state index contributed by atoms with van der Waals surface area (Å²) in [5, 5.41) is 19.0. The minimum absolute atomic E-state index is 0.995. The maximum atomic E-state index is 11.1. The summed E-state index contributed by atoms with van der Waals surface area (Å²) >= 11 is 0. The number of carbonyl (C=O) groups is 3. The molecule has 0 aliphatic carbocycles. The summed E-state index contributed by atoms with van der Waals surface area (Å²) in [6, 6.07) is 0. The van der Waals surface area contributed by atoms with Crippen molar-refractivity contribution in [3.05, 3.63) is 0 Å². The fourth-order valence-corrected chi connectivity index (χ4v) is 0.639. The first kappa shape index (κ1) is 14.4. The fourth-order valence-electron chi connectivity index (χ4n) is 0.639. The molecule has 16 heavy (non-hydrogen) atoms. The Kier molecular flexibility index (Phi) is 5.44.